The summed E-state index contributed by atoms with van der Waals surface area (Å²) in [6.07, 6.45) is 0.616. The van der Waals surface area contributed by atoms with Gasteiger partial charge in [0.05, 0.1) is 16.6 Å². The van der Waals surface area contributed by atoms with E-state index in [1.54, 1.807) is 6.07 Å². The van der Waals surface area contributed by atoms with Crippen molar-refractivity contribution in [2.45, 2.75) is 31.6 Å². The number of fused-ring (bicyclic) bond motifs is 1. The quantitative estimate of drug-likeness (QED) is 0.214. The maximum Gasteiger partial charge on any atom is 0.416 e. The van der Waals surface area contributed by atoms with Crippen LogP contribution in [0.3, 0.4) is 0 Å². The van der Waals surface area contributed by atoms with Gasteiger partial charge in [-0.25, -0.2) is 23.5 Å². The number of carbonyl (C=O) groups is 1. The molecule has 232 valence electrons. The standard InChI is InChI=1S/C30H31F5N8O/c31-7-8-41-9-11-42(12-10-41)15-19-1-3-20(14-23(19)30(33,34)35)39-29(44)40-25-6-2-18(13-24(25)32)22-16-43(21-4-5-21)28-26(22)27(36)37-17-38-28/h1-3,6,13-14,16-17,21H,4-5,7-12,15H2,(H2,36,37,38)(H2,39,40,44). The van der Waals surface area contributed by atoms with Crippen LogP contribution in [0.2, 0.25) is 0 Å². The van der Waals surface area contributed by atoms with Crippen LogP contribution >= 0.6 is 0 Å². The molecule has 0 unspecified atom stereocenters. The fourth-order valence-corrected chi connectivity index (χ4v) is 5.61. The lowest BCUT2D eigenvalue weighted by atomic mass is 10.0. The summed E-state index contributed by atoms with van der Waals surface area (Å²) in [5, 5.41) is 5.36. The molecule has 0 atom stereocenters. The number of anilines is 3. The Bertz CT molecular complexity index is 1680. The van der Waals surface area contributed by atoms with Crippen LogP contribution in [0, 0.1) is 5.82 Å². The molecule has 0 radical (unpaired) electrons. The number of nitrogens with one attached hydrogen (secondary N) is 2. The molecule has 6 rings (SSSR count). The highest BCUT2D eigenvalue weighted by atomic mass is 19.4. The minimum atomic E-state index is -4.65. The normalized spacial score (nSPS) is 16.4. The van der Waals surface area contributed by atoms with E-state index in [4.69, 9.17) is 5.73 Å². The second kappa shape index (κ2) is 12.0. The minimum Gasteiger partial charge on any atom is -0.383 e. The van der Waals surface area contributed by atoms with Gasteiger partial charge in [0.1, 0.15) is 30.3 Å². The van der Waals surface area contributed by atoms with Crippen molar-refractivity contribution in [2.24, 2.45) is 0 Å². The third-order valence-corrected chi connectivity index (χ3v) is 8.04. The van der Waals surface area contributed by atoms with E-state index in [0.29, 0.717) is 60.9 Å². The molecule has 2 amide bonds. The Morgan fingerprint density at radius 3 is 2.43 bits per heavy atom. The van der Waals surface area contributed by atoms with E-state index < -0.39 is 30.3 Å². The van der Waals surface area contributed by atoms with E-state index in [0.717, 1.165) is 18.9 Å². The van der Waals surface area contributed by atoms with E-state index in [1.165, 1.54) is 30.6 Å². The number of nitrogens with two attached hydrogens (primary N) is 1. The van der Waals surface area contributed by atoms with Crippen molar-refractivity contribution < 1.29 is 26.7 Å². The number of alkyl halides is 4. The summed E-state index contributed by atoms with van der Waals surface area (Å²) in [5.41, 5.74) is 6.92. The van der Waals surface area contributed by atoms with Crippen molar-refractivity contribution in [1.29, 1.82) is 0 Å². The Balaban J connectivity index is 1.15. The molecular weight excluding hydrogens is 583 g/mol. The number of hydrogen-bond donors (Lipinski definition) is 3. The minimum absolute atomic E-state index is 0.0677. The van der Waals surface area contributed by atoms with Crippen LogP contribution in [0.5, 0.6) is 0 Å². The molecule has 2 aliphatic rings. The molecule has 1 aliphatic carbocycles. The molecule has 2 aromatic carbocycles. The Morgan fingerprint density at radius 2 is 1.75 bits per heavy atom. The lowest BCUT2D eigenvalue weighted by Gasteiger charge is -2.34. The lowest BCUT2D eigenvalue weighted by Crippen LogP contribution is -2.46. The van der Waals surface area contributed by atoms with Crippen LogP contribution in [0.15, 0.2) is 48.9 Å². The summed E-state index contributed by atoms with van der Waals surface area (Å²) >= 11 is 0. The average molecular weight is 615 g/mol. The van der Waals surface area contributed by atoms with Gasteiger partial charge < -0.3 is 20.9 Å². The zero-order valence-electron chi connectivity index (χ0n) is 23.7. The molecule has 44 heavy (non-hydrogen) atoms. The number of benzene rings is 2. The van der Waals surface area contributed by atoms with Gasteiger partial charge in [0.25, 0.3) is 0 Å². The second-order valence-corrected chi connectivity index (χ2v) is 11.1. The van der Waals surface area contributed by atoms with E-state index in [2.05, 4.69) is 20.6 Å². The molecule has 0 bridgehead atoms. The van der Waals surface area contributed by atoms with Gasteiger partial charge in [-0.1, -0.05) is 12.1 Å². The summed E-state index contributed by atoms with van der Waals surface area (Å²) in [4.78, 5) is 25.0. The molecule has 4 aromatic rings. The molecule has 4 N–H and O–H groups in total. The lowest BCUT2D eigenvalue weighted by molar-refractivity contribution is -0.138. The summed E-state index contributed by atoms with van der Waals surface area (Å²) in [6, 6.07) is 7.22. The molecule has 14 heteroatoms. The van der Waals surface area contributed by atoms with Crippen molar-refractivity contribution >= 4 is 34.3 Å². The first kappa shape index (κ1) is 29.8. The smallest absolute Gasteiger partial charge is 0.383 e. The first-order valence-corrected chi connectivity index (χ1v) is 14.3. The fraction of sp³-hybridized carbons (Fsp3) is 0.367. The highest BCUT2D eigenvalue weighted by molar-refractivity contribution is 6.02. The number of rotatable bonds is 8. The Kier molecular flexibility index (Phi) is 8.12. The number of halogens is 5. The first-order valence-electron chi connectivity index (χ1n) is 14.3. The third-order valence-electron chi connectivity index (χ3n) is 8.04. The van der Waals surface area contributed by atoms with Gasteiger partial charge in [-0.15, -0.1) is 0 Å². The third kappa shape index (κ3) is 6.31. The number of carbonyl (C=O) groups excluding carboxylic acids is 1. The molecule has 1 saturated carbocycles. The number of urea groups is 1. The van der Waals surface area contributed by atoms with Crippen molar-refractivity contribution in [3.05, 3.63) is 65.9 Å². The van der Waals surface area contributed by atoms with Gasteiger partial charge in [-0.2, -0.15) is 13.2 Å². The van der Waals surface area contributed by atoms with Crippen molar-refractivity contribution in [1.82, 2.24) is 24.3 Å². The largest absolute Gasteiger partial charge is 0.416 e. The van der Waals surface area contributed by atoms with Crippen LogP contribution in [-0.2, 0) is 12.7 Å². The number of nitrogen functional groups attached to an aromatic ring is 1. The van der Waals surface area contributed by atoms with Gasteiger partial charge in [0.15, 0.2) is 0 Å². The summed E-state index contributed by atoms with van der Waals surface area (Å²) in [6.45, 7) is 2.12. The highest BCUT2D eigenvalue weighted by Gasteiger charge is 2.34. The van der Waals surface area contributed by atoms with Crippen LogP contribution in [0.25, 0.3) is 22.2 Å². The van der Waals surface area contributed by atoms with Gasteiger partial charge in [-0.3, -0.25) is 9.80 Å². The highest BCUT2D eigenvalue weighted by Crippen LogP contribution is 2.42. The molecule has 1 saturated heterocycles. The molecule has 9 nitrogen and oxygen atoms in total. The summed E-state index contributed by atoms with van der Waals surface area (Å²) in [7, 11) is 0. The molecule has 0 spiro atoms. The molecule has 2 fully saturated rings. The maximum absolute atomic E-state index is 15.2. The zero-order chi connectivity index (χ0) is 31.0. The van der Waals surface area contributed by atoms with Crippen LogP contribution < -0.4 is 16.4 Å². The second-order valence-electron chi connectivity index (χ2n) is 11.1. The number of amides is 2. The molecule has 1 aliphatic heterocycles. The SMILES string of the molecule is Nc1ncnc2c1c(-c1ccc(NC(=O)Nc3ccc(CN4CCN(CCF)CC4)c(C(F)(F)F)c3)c(F)c1)cn2C1CC1. The van der Waals surface area contributed by atoms with E-state index in [9.17, 15) is 22.4 Å². The molecule has 3 heterocycles. The number of hydrogen-bond acceptors (Lipinski definition) is 6. The Morgan fingerprint density at radius 1 is 1.00 bits per heavy atom. The van der Waals surface area contributed by atoms with Crippen LogP contribution in [0.4, 0.5) is 43.9 Å². The number of aromatic nitrogens is 3. The average Bonchev–Trinajstić information content (AvgIpc) is 3.75. The van der Waals surface area contributed by atoms with Crippen molar-refractivity contribution in [3.63, 3.8) is 0 Å². The summed E-state index contributed by atoms with van der Waals surface area (Å²) < 4.78 is 71.7. The summed E-state index contributed by atoms with van der Waals surface area (Å²) in [5.74, 6) is -0.467. The molecule has 2 aromatic heterocycles. The maximum atomic E-state index is 15.2. The predicted octanol–water partition coefficient (Wildman–Crippen LogP) is 5.90. The van der Waals surface area contributed by atoms with Gasteiger partial charge >= 0.3 is 12.2 Å². The van der Waals surface area contributed by atoms with Crippen LogP contribution in [-0.4, -0.2) is 69.8 Å². The first-order chi connectivity index (χ1) is 21.1. The number of nitrogens with zero attached hydrogens (tertiary/aromatic N) is 5. The monoisotopic (exact) mass is 614 g/mol. The van der Waals surface area contributed by atoms with Crippen LogP contribution in [0.1, 0.15) is 30.0 Å². The van der Waals surface area contributed by atoms with Gasteiger partial charge in [-0.05, 0) is 48.2 Å². The number of piperazine rings is 1. The van der Waals surface area contributed by atoms with E-state index in [-0.39, 0.29) is 29.3 Å². The van der Waals surface area contributed by atoms with Crippen molar-refractivity contribution in [3.8, 4) is 11.1 Å². The van der Waals surface area contributed by atoms with E-state index >= 15 is 4.39 Å². The Labute approximate surface area is 249 Å². The van der Waals surface area contributed by atoms with Gasteiger partial charge in [0, 0.05) is 62.8 Å². The van der Waals surface area contributed by atoms with Crippen molar-refractivity contribution in [2.75, 3.05) is 55.8 Å². The zero-order valence-corrected chi connectivity index (χ0v) is 23.7. The molecular formula is C30H31F5N8O. The fourth-order valence-electron chi connectivity index (χ4n) is 5.61. The predicted molar refractivity (Wildman–Crippen MR) is 157 cm³/mol. The van der Waals surface area contributed by atoms with E-state index in [1.807, 2.05) is 20.6 Å². The Hall–Kier alpha value is -4.30. The topological polar surface area (TPSA) is 104 Å². The van der Waals surface area contributed by atoms with Gasteiger partial charge in [0.2, 0.25) is 0 Å².